The van der Waals surface area contributed by atoms with Crippen LogP contribution in [0.25, 0.3) is 0 Å². The van der Waals surface area contributed by atoms with E-state index in [-0.39, 0.29) is 21.5 Å². The van der Waals surface area contributed by atoms with E-state index in [1.165, 1.54) is 0 Å². The van der Waals surface area contributed by atoms with Crippen LogP contribution in [0.2, 0.25) is 0 Å². The van der Waals surface area contributed by atoms with Gasteiger partial charge in [-0.2, -0.15) is 5.21 Å². The first-order valence-corrected chi connectivity index (χ1v) is 5.75. The van der Waals surface area contributed by atoms with Gasteiger partial charge in [0.05, 0.1) is 15.0 Å². The van der Waals surface area contributed by atoms with Gasteiger partial charge in [0.15, 0.2) is 5.82 Å². The Morgan fingerprint density at radius 1 is 1.56 bits per heavy atom. The molecule has 10 heteroatoms. The zero-order valence-corrected chi connectivity index (χ0v) is 10.9. The summed E-state index contributed by atoms with van der Waals surface area (Å²) in [6, 6.07) is 2.23. The summed E-state index contributed by atoms with van der Waals surface area (Å²) in [5, 5.41) is 26.5. The molecule has 1 aromatic heterocycles. The molecule has 0 bridgehead atoms. The number of aromatic amines is 1. The number of hydrogen-bond donors (Lipinski definition) is 2. The van der Waals surface area contributed by atoms with Crippen LogP contribution < -0.4 is 5.32 Å². The number of nitrogens with one attached hydrogen (secondary N) is 2. The number of hydrogen-bond acceptors (Lipinski definition) is 6. The van der Waals surface area contributed by atoms with Gasteiger partial charge < -0.3 is 5.32 Å². The summed E-state index contributed by atoms with van der Waals surface area (Å²) in [6.07, 6.45) is 0. The Morgan fingerprint density at radius 2 is 2.33 bits per heavy atom. The van der Waals surface area contributed by atoms with Crippen molar-refractivity contribution in [3.63, 3.8) is 0 Å². The second kappa shape index (κ2) is 5.20. The fourth-order valence-corrected chi connectivity index (χ4v) is 1.71. The van der Waals surface area contributed by atoms with Gasteiger partial charge in [0.1, 0.15) is 11.5 Å². The normalized spacial score (nSPS) is 10.3. The number of rotatable bonds is 4. The zero-order valence-electron chi connectivity index (χ0n) is 8.72. The smallest absolute Gasteiger partial charge is 0.293 e. The molecule has 1 aromatic carbocycles. The summed E-state index contributed by atoms with van der Waals surface area (Å²) in [5.74, 6) is -0.208. The molecule has 2 N–H and O–H groups in total. The van der Waals surface area contributed by atoms with Crippen molar-refractivity contribution in [3.8, 4) is 0 Å². The van der Waals surface area contributed by atoms with Gasteiger partial charge in [0.25, 0.3) is 5.69 Å². The number of aromatic nitrogens is 4. The van der Waals surface area contributed by atoms with Gasteiger partial charge in [0.2, 0.25) is 0 Å². The van der Waals surface area contributed by atoms with Gasteiger partial charge >= 0.3 is 0 Å². The van der Waals surface area contributed by atoms with E-state index >= 15 is 0 Å². The largest absolute Gasteiger partial charge is 0.372 e. The highest BCUT2D eigenvalue weighted by Gasteiger charge is 2.17. The Bertz CT molecular complexity index is 575. The predicted molar refractivity (Wildman–Crippen MR) is 67.3 cm³/mol. The van der Waals surface area contributed by atoms with E-state index in [0.29, 0.717) is 5.82 Å². The lowest BCUT2D eigenvalue weighted by Gasteiger charge is -2.05. The van der Waals surface area contributed by atoms with Gasteiger partial charge in [0, 0.05) is 12.1 Å². The van der Waals surface area contributed by atoms with Gasteiger partial charge in [-0.1, -0.05) is 5.21 Å². The minimum Gasteiger partial charge on any atom is -0.372 e. The standard InChI is InChI=1S/C8H6FIN6O2/c9-4-1-6(7(16(17)18)2-5(4)10)11-3-8-12-14-15-13-8/h1-2,11H,3H2,(H,12,13,14,15). The van der Waals surface area contributed by atoms with Crippen molar-refractivity contribution in [2.75, 3.05) is 5.32 Å². The predicted octanol–water partition coefficient (Wildman–Crippen LogP) is 1.46. The van der Waals surface area contributed by atoms with Crippen LogP contribution in [0.15, 0.2) is 12.1 Å². The van der Waals surface area contributed by atoms with E-state index in [4.69, 9.17) is 0 Å². The fourth-order valence-electron chi connectivity index (χ4n) is 1.26. The molecule has 2 rings (SSSR count). The third-order valence-electron chi connectivity index (χ3n) is 2.06. The van der Waals surface area contributed by atoms with Crippen molar-refractivity contribution in [1.82, 2.24) is 20.6 Å². The van der Waals surface area contributed by atoms with Crippen molar-refractivity contribution in [3.05, 3.63) is 37.5 Å². The van der Waals surface area contributed by atoms with E-state index in [9.17, 15) is 14.5 Å². The molecule has 0 unspecified atom stereocenters. The molecule has 1 heterocycles. The van der Waals surface area contributed by atoms with Crippen LogP contribution in [0.3, 0.4) is 0 Å². The lowest BCUT2D eigenvalue weighted by Crippen LogP contribution is -2.05. The second-order valence-corrected chi connectivity index (χ2v) is 4.38. The van der Waals surface area contributed by atoms with Crippen LogP contribution in [-0.4, -0.2) is 25.5 Å². The topological polar surface area (TPSA) is 110 Å². The van der Waals surface area contributed by atoms with E-state index in [2.05, 4.69) is 25.9 Å². The minimum atomic E-state index is -0.583. The Labute approximate surface area is 113 Å². The number of nitro benzene ring substituents is 1. The first-order valence-electron chi connectivity index (χ1n) is 4.67. The molecule has 2 aromatic rings. The number of nitro groups is 1. The van der Waals surface area contributed by atoms with Crippen molar-refractivity contribution < 1.29 is 9.31 Å². The molecular formula is C8H6FIN6O2. The van der Waals surface area contributed by atoms with Crippen LogP contribution in [0.5, 0.6) is 0 Å². The van der Waals surface area contributed by atoms with Crippen molar-refractivity contribution >= 4 is 34.0 Å². The molecule has 0 spiro atoms. The van der Waals surface area contributed by atoms with Crippen molar-refractivity contribution in [2.24, 2.45) is 0 Å². The first kappa shape index (κ1) is 12.6. The minimum absolute atomic E-state index is 0.0720. The van der Waals surface area contributed by atoms with E-state index in [1.54, 1.807) is 22.6 Å². The molecular weight excluding hydrogens is 358 g/mol. The van der Waals surface area contributed by atoms with Crippen LogP contribution in [0.4, 0.5) is 15.8 Å². The maximum absolute atomic E-state index is 13.4. The summed E-state index contributed by atoms with van der Waals surface area (Å²) >= 11 is 1.69. The highest BCUT2D eigenvalue weighted by Crippen LogP contribution is 2.28. The summed E-state index contributed by atoms with van der Waals surface area (Å²) in [5.41, 5.74) is -0.132. The Balaban J connectivity index is 2.25. The molecule has 0 aliphatic rings. The molecule has 0 amide bonds. The Kier molecular flexibility index (Phi) is 3.64. The van der Waals surface area contributed by atoms with Crippen LogP contribution in [0, 0.1) is 19.5 Å². The van der Waals surface area contributed by atoms with E-state index in [0.717, 1.165) is 12.1 Å². The number of tetrazole rings is 1. The number of nitrogens with zero attached hydrogens (tertiary/aromatic N) is 4. The highest BCUT2D eigenvalue weighted by atomic mass is 127. The second-order valence-electron chi connectivity index (χ2n) is 3.22. The maximum Gasteiger partial charge on any atom is 0.293 e. The quantitative estimate of drug-likeness (QED) is 0.483. The summed E-state index contributed by atoms with van der Waals surface area (Å²) in [4.78, 5) is 10.3. The molecule has 0 radical (unpaired) electrons. The van der Waals surface area contributed by atoms with E-state index < -0.39 is 10.7 Å². The monoisotopic (exact) mass is 364 g/mol. The molecule has 0 fully saturated rings. The average molecular weight is 364 g/mol. The molecule has 0 saturated carbocycles. The molecule has 18 heavy (non-hydrogen) atoms. The fraction of sp³-hybridized carbons (Fsp3) is 0.125. The average Bonchev–Trinajstić information content (AvgIpc) is 2.83. The molecule has 0 aliphatic carbocycles. The third-order valence-corrected chi connectivity index (χ3v) is 2.89. The van der Waals surface area contributed by atoms with Gasteiger partial charge in [-0.05, 0) is 22.6 Å². The van der Waals surface area contributed by atoms with Crippen LogP contribution in [0.1, 0.15) is 5.82 Å². The molecule has 0 aliphatic heterocycles. The summed E-state index contributed by atoms with van der Waals surface area (Å²) in [7, 11) is 0. The van der Waals surface area contributed by atoms with Crippen molar-refractivity contribution in [1.29, 1.82) is 0 Å². The first-order chi connectivity index (χ1) is 8.58. The number of H-pyrrole nitrogens is 1. The Hall–Kier alpha value is -1.85. The van der Waals surface area contributed by atoms with Gasteiger partial charge in [-0.15, -0.1) is 10.2 Å². The SMILES string of the molecule is O=[N+]([O-])c1cc(I)c(F)cc1NCc1nn[nH]n1. The van der Waals surface area contributed by atoms with Crippen molar-refractivity contribution in [2.45, 2.75) is 6.54 Å². The summed E-state index contributed by atoms with van der Waals surface area (Å²) in [6.45, 7) is 0.109. The van der Waals surface area contributed by atoms with Crippen LogP contribution >= 0.6 is 22.6 Å². The van der Waals surface area contributed by atoms with E-state index in [1.807, 2.05) is 0 Å². The lowest BCUT2D eigenvalue weighted by molar-refractivity contribution is -0.384. The van der Waals surface area contributed by atoms with Gasteiger partial charge in [-0.25, -0.2) is 4.39 Å². The highest BCUT2D eigenvalue weighted by molar-refractivity contribution is 14.1. The van der Waals surface area contributed by atoms with Crippen LogP contribution in [-0.2, 0) is 6.54 Å². The summed E-state index contributed by atoms with van der Waals surface area (Å²) < 4.78 is 13.6. The lowest BCUT2D eigenvalue weighted by atomic mass is 10.2. The maximum atomic E-state index is 13.4. The van der Waals surface area contributed by atoms with Gasteiger partial charge in [-0.3, -0.25) is 10.1 Å². The number of benzene rings is 1. The molecule has 0 saturated heterocycles. The zero-order chi connectivity index (χ0) is 13.1. The molecule has 94 valence electrons. The molecule has 8 nitrogen and oxygen atoms in total. The molecule has 0 atom stereocenters. The number of anilines is 1. The number of halogens is 2. The Morgan fingerprint density at radius 3 is 2.94 bits per heavy atom. The third kappa shape index (κ3) is 2.69.